The van der Waals surface area contributed by atoms with Crippen LogP contribution in [0.5, 0.6) is 0 Å². The van der Waals surface area contributed by atoms with E-state index in [1.54, 1.807) is 0 Å². The number of hydrogen-bond donors (Lipinski definition) is 1. The Morgan fingerprint density at radius 1 is 1.33 bits per heavy atom. The molecular weight excluding hydrogens is 281 g/mol. The van der Waals surface area contributed by atoms with Crippen LogP contribution in [0.25, 0.3) is 0 Å². The van der Waals surface area contributed by atoms with Gasteiger partial charge in [0.25, 0.3) is 0 Å². The molecule has 2 unspecified atom stereocenters. The van der Waals surface area contributed by atoms with Gasteiger partial charge in [0.2, 0.25) is 0 Å². The van der Waals surface area contributed by atoms with Crippen LogP contribution >= 0.6 is 0 Å². The van der Waals surface area contributed by atoms with E-state index in [9.17, 15) is 13.2 Å². The summed E-state index contributed by atoms with van der Waals surface area (Å²) in [6, 6.07) is 5.44. The molecule has 21 heavy (non-hydrogen) atoms. The summed E-state index contributed by atoms with van der Waals surface area (Å²) >= 11 is 0. The lowest BCUT2D eigenvalue weighted by Crippen LogP contribution is -2.43. The Labute approximate surface area is 122 Å². The molecule has 3 nitrogen and oxygen atoms in total. The molecule has 1 saturated heterocycles. The molecular formula is C15H21F3N2O. The van der Waals surface area contributed by atoms with Crippen LogP contribution in [0.1, 0.15) is 25.3 Å². The highest BCUT2D eigenvalue weighted by molar-refractivity contribution is 5.48. The fourth-order valence-corrected chi connectivity index (χ4v) is 2.44. The number of morpholine rings is 1. The van der Waals surface area contributed by atoms with E-state index in [4.69, 9.17) is 10.5 Å². The first-order valence-electron chi connectivity index (χ1n) is 7.15. The van der Waals surface area contributed by atoms with Crippen molar-refractivity contribution in [1.82, 2.24) is 0 Å². The highest BCUT2D eigenvalue weighted by Crippen LogP contribution is 2.31. The Balaban J connectivity index is 1.97. The second kappa shape index (κ2) is 6.66. The first-order valence-corrected chi connectivity index (χ1v) is 7.15. The minimum Gasteiger partial charge on any atom is -0.375 e. The lowest BCUT2D eigenvalue weighted by molar-refractivity contribution is -0.137. The highest BCUT2D eigenvalue weighted by atomic mass is 19.4. The molecule has 1 aliphatic heterocycles. The van der Waals surface area contributed by atoms with Gasteiger partial charge in [0.1, 0.15) is 0 Å². The third kappa shape index (κ3) is 4.61. The summed E-state index contributed by atoms with van der Waals surface area (Å²) in [6.45, 7) is 3.93. The quantitative estimate of drug-likeness (QED) is 0.929. The topological polar surface area (TPSA) is 38.5 Å². The minimum atomic E-state index is -4.29. The van der Waals surface area contributed by atoms with Gasteiger partial charge < -0.3 is 15.4 Å². The van der Waals surface area contributed by atoms with Crippen LogP contribution < -0.4 is 10.6 Å². The zero-order valence-electron chi connectivity index (χ0n) is 12.1. The van der Waals surface area contributed by atoms with Crippen LogP contribution in [-0.2, 0) is 10.9 Å². The molecule has 0 bridgehead atoms. The van der Waals surface area contributed by atoms with Gasteiger partial charge in [0.15, 0.2) is 0 Å². The van der Waals surface area contributed by atoms with E-state index in [1.165, 1.54) is 12.1 Å². The zero-order chi connectivity index (χ0) is 15.5. The summed E-state index contributed by atoms with van der Waals surface area (Å²) in [7, 11) is 0. The Hall–Kier alpha value is -1.27. The number of alkyl halides is 3. The van der Waals surface area contributed by atoms with Crippen molar-refractivity contribution in [3.63, 3.8) is 0 Å². The number of anilines is 1. The maximum Gasteiger partial charge on any atom is 0.416 e. The fourth-order valence-electron chi connectivity index (χ4n) is 2.44. The number of benzene rings is 1. The second-order valence-electron chi connectivity index (χ2n) is 5.54. The van der Waals surface area contributed by atoms with Crippen molar-refractivity contribution >= 4 is 5.69 Å². The van der Waals surface area contributed by atoms with Crippen LogP contribution in [0.2, 0.25) is 0 Å². The van der Waals surface area contributed by atoms with E-state index in [0.29, 0.717) is 19.7 Å². The molecule has 1 aliphatic rings. The molecule has 0 radical (unpaired) electrons. The average Bonchev–Trinajstić information content (AvgIpc) is 2.45. The largest absolute Gasteiger partial charge is 0.416 e. The van der Waals surface area contributed by atoms with Crippen molar-refractivity contribution in [2.45, 2.75) is 38.1 Å². The molecule has 6 heteroatoms. The van der Waals surface area contributed by atoms with Gasteiger partial charge in [0.05, 0.1) is 18.3 Å². The van der Waals surface area contributed by atoms with Gasteiger partial charge in [-0.1, -0.05) is 0 Å². The molecule has 0 aromatic heterocycles. The summed E-state index contributed by atoms with van der Waals surface area (Å²) in [5.74, 6) is 0. The molecule has 0 spiro atoms. The number of rotatable bonds is 4. The predicted molar refractivity (Wildman–Crippen MR) is 76.3 cm³/mol. The van der Waals surface area contributed by atoms with Crippen LogP contribution in [-0.4, -0.2) is 31.8 Å². The van der Waals surface area contributed by atoms with Gasteiger partial charge in [-0.2, -0.15) is 13.2 Å². The number of hydrogen-bond acceptors (Lipinski definition) is 3. The SMILES string of the molecule is CC(N)CCC1CN(c2ccc(C(F)(F)F)cc2)CCO1. The number of nitrogens with zero attached hydrogens (tertiary/aromatic N) is 1. The van der Waals surface area contributed by atoms with Crippen LogP contribution in [0.3, 0.4) is 0 Å². The second-order valence-corrected chi connectivity index (χ2v) is 5.54. The number of halogens is 3. The third-order valence-corrected chi connectivity index (χ3v) is 3.64. The van der Waals surface area contributed by atoms with Gasteiger partial charge in [-0.25, -0.2) is 0 Å². The standard InChI is InChI=1S/C15H21F3N2O/c1-11(19)2-7-14-10-20(8-9-21-14)13-5-3-12(4-6-13)15(16,17)18/h3-6,11,14H,2,7-10,19H2,1H3. The smallest absolute Gasteiger partial charge is 0.375 e. The third-order valence-electron chi connectivity index (χ3n) is 3.64. The van der Waals surface area contributed by atoms with Crippen molar-refractivity contribution in [2.24, 2.45) is 5.73 Å². The fraction of sp³-hybridized carbons (Fsp3) is 0.600. The first-order chi connectivity index (χ1) is 9.86. The monoisotopic (exact) mass is 302 g/mol. The van der Waals surface area contributed by atoms with Crippen molar-refractivity contribution < 1.29 is 17.9 Å². The molecule has 2 rings (SSSR count). The summed E-state index contributed by atoms with van der Waals surface area (Å²) in [5.41, 5.74) is 5.92. The van der Waals surface area contributed by atoms with Crippen molar-refractivity contribution in [3.8, 4) is 0 Å². The molecule has 2 atom stereocenters. The molecule has 2 N–H and O–H groups in total. The lowest BCUT2D eigenvalue weighted by Gasteiger charge is -2.35. The normalized spacial score (nSPS) is 21.4. The van der Waals surface area contributed by atoms with E-state index in [2.05, 4.69) is 4.90 Å². The van der Waals surface area contributed by atoms with E-state index >= 15 is 0 Å². The molecule has 1 heterocycles. The summed E-state index contributed by atoms with van der Waals surface area (Å²) in [6.07, 6.45) is -2.45. The van der Waals surface area contributed by atoms with E-state index in [1.807, 2.05) is 6.92 Å². The average molecular weight is 302 g/mol. The van der Waals surface area contributed by atoms with Crippen molar-refractivity contribution in [1.29, 1.82) is 0 Å². The molecule has 118 valence electrons. The predicted octanol–water partition coefficient (Wildman–Crippen LogP) is 3.04. The Bertz CT molecular complexity index is 445. The van der Waals surface area contributed by atoms with Gasteiger partial charge >= 0.3 is 6.18 Å². The molecule has 1 fully saturated rings. The zero-order valence-corrected chi connectivity index (χ0v) is 12.1. The first kappa shape index (κ1) is 16.1. The van der Waals surface area contributed by atoms with Crippen LogP contribution in [0, 0.1) is 0 Å². The van der Waals surface area contributed by atoms with E-state index in [0.717, 1.165) is 30.7 Å². The van der Waals surface area contributed by atoms with E-state index in [-0.39, 0.29) is 12.1 Å². The maximum absolute atomic E-state index is 12.6. The van der Waals surface area contributed by atoms with E-state index < -0.39 is 11.7 Å². The van der Waals surface area contributed by atoms with Crippen molar-refractivity contribution in [3.05, 3.63) is 29.8 Å². The lowest BCUT2D eigenvalue weighted by atomic mass is 10.1. The molecule has 1 aromatic carbocycles. The minimum absolute atomic E-state index is 0.0899. The molecule has 0 aliphatic carbocycles. The Kier molecular flexibility index (Phi) is 5.11. The molecule has 0 amide bonds. The number of nitrogens with two attached hydrogens (primary N) is 1. The molecule has 0 saturated carbocycles. The highest BCUT2D eigenvalue weighted by Gasteiger charge is 2.30. The van der Waals surface area contributed by atoms with Crippen molar-refractivity contribution in [2.75, 3.05) is 24.6 Å². The van der Waals surface area contributed by atoms with Crippen LogP contribution in [0.4, 0.5) is 18.9 Å². The van der Waals surface area contributed by atoms with Gasteiger partial charge in [-0.3, -0.25) is 0 Å². The summed E-state index contributed by atoms with van der Waals surface area (Å²) < 4.78 is 43.3. The molecule has 1 aromatic rings. The van der Waals surface area contributed by atoms with Gasteiger partial charge in [-0.05, 0) is 44.0 Å². The summed E-state index contributed by atoms with van der Waals surface area (Å²) in [4.78, 5) is 2.06. The maximum atomic E-state index is 12.6. The van der Waals surface area contributed by atoms with Gasteiger partial charge in [-0.15, -0.1) is 0 Å². The Morgan fingerprint density at radius 2 is 2.00 bits per heavy atom. The van der Waals surface area contributed by atoms with Gasteiger partial charge in [0, 0.05) is 24.8 Å². The van der Waals surface area contributed by atoms with Crippen LogP contribution in [0.15, 0.2) is 24.3 Å². The Morgan fingerprint density at radius 3 is 2.57 bits per heavy atom. The number of ether oxygens (including phenoxy) is 1. The summed E-state index contributed by atoms with van der Waals surface area (Å²) in [5, 5.41) is 0.